The maximum absolute atomic E-state index is 5.56. The van der Waals surface area contributed by atoms with Gasteiger partial charge in [-0.15, -0.1) is 0 Å². The second-order valence-electron chi connectivity index (χ2n) is 10.4. The SMILES string of the molecule is c1ccc2c(c1)c1ccccc1c1c3cc(CN(CC4CO4)CC4CO4)ccc3c3ccccc3c21. The van der Waals surface area contributed by atoms with E-state index in [4.69, 9.17) is 9.47 Å². The molecule has 0 aromatic heterocycles. The highest BCUT2D eigenvalue weighted by Gasteiger charge is 2.30. The molecule has 2 saturated heterocycles. The molecule has 2 heterocycles. The Labute approximate surface area is 209 Å². The molecule has 6 aromatic carbocycles. The van der Waals surface area contributed by atoms with Gasteiger partial charge in [0.05, 0.1) is 25.4 Å². The number of fused-ring (bicyclic) bond motifs is 11. The molecule has 0 aliphatic carbocycles. The van der Waals surface area contributed by atoms with E-state index < -0.39 is 0 Å². The van der Waals surface area contributed by atoms with Crippen molar-refractivity contribution in [2.45, 2.75) is 18.8 Å². The fourth-order valence-electron chi connectivity index (χ4n) is 6.15. The van der Waals surface area contributed by atoms with Gasteiger partial charge in [0.15, 0.2) is 0 Å². The highest BCUT2D eigenvalue weighted by atomic mass is 16.6. The number of hydrogen-bond donors (Lipinski definition) is 0. The third-order valence-corrected chi connectivity index (χ3v) is 7.91. The van der Waals surface area contributed by atoms with Crippen molar-refractivity contribution in [1.29, 1.82) is 0 Å². The van der Waals surface area contributed by atoms with E-state index in [1.807, 2.05) is 0 Å². The normalized spacial score (nSPS) is 19.2. The van der Waals surface area contributed by atoms with Gasteiger partial charge in [-0.25, -0.2) is 0 Å². The van der Waals surface area contributed by atoms with Crippen molar-refractivity contribution >= 4 is 53.9 Å². The van der Waals surface area contributed by atoms with Gasteiger partial charge in [0.1, 0.15) is 0 Å². The van der Waals surface area contributed by atoms with Gasteiger partial charge in [-0.2, -0.15) is 0 Å². The molecule has 0 amide bonds. The van der Waals surface area contributed by atoms with Gasteiger partial charge in [0, 0.05) is 19.6 Å². The second-order valence-corrected chi connectivity index (χ2v) is 10.4. The third kappa shape index (κ3) is 3.39. The molecule has 2 aliphatic heterocycles. The zero-order valence-corrected chi connectivity index (χ0v) is 20.1. The largest absolute Gasteiger partial charge is 0.372 e. The Morgan fingerprint density at radius 3 is 1.42 bits per heavy atom. The standard InChI is InChI=1S/C33H27NO2/c1-4-10-28-24(7-1)25-8-2-6-12-30(25)33-31-15-21(16-34(17-22-19-35-22)18-23-20-36-23)13-14-27(31)26-9-3-5-11-29(26)32(28)33/h1-15,22-23H,16-20H2. The summed E-state index contributed by atoms with van der Waals surface area (Å²) < 4.78 is 11.1. The Bertz CT molecular complexity index is 1770. The Balaban J connectivity index is 1.43. The summed E-state index contributed by atoms with van der Waals surface area (Å²) in [6, 6.07) is 33.8. The zero-order valence-electron chi connectivity index (χ0n) is 20.1. The summed E-state index contributed by atoms with van der Waals surface area (Å²) in [7, 11) is 0. The highest BCUT2D eigenvalue weighted by Crippen LogP contribution is 2.43. The summed E-state index contributed by atoms with van der Waals surface area (Å²) in [5.41, 5.74) is 1.35. The molecule has 3 heteroatoms. The molecule has 2 atom stereocenters. The molecule has 0 saturated carbocycles. The van der Waals surface area contributed by atoms with Gasteiger partial charge < -0.3 is 9.47 Å². The van der Waals surface area contributed by atoms with Crippen molar-refractivity contribution in [3.63, 3.8) is 0 Å². The summed E-state index contributed by atoms with van der Waals surface area (Å²) in [5.74, 6) is 0. The molecule has 3 nitrogen and oxygen atoms in total. The molecule has 0 bridgehead atoms. The molecule has 2 unspecified atom stereocenters. The summed E-state index contributed by atoms with van der Waals surface area (Å²) in [6.07, 6.45) is 0.758. The van der Waals surface area contributed by atoms with Crippen LogP contribution >= 0.6 is 0 Å². The van der Waals surface area contributed by atoms with Crippen LogP contribution in [0.5, 0.6) is 0 Å². The highest BCUT2D eigenvalue weighted by molar-refractivity contribution is 6.39. The van der Waals surface area contributed by atoms with Gasteiger partial charge in [0.2, 0.25) is 0 Å². The average molecular weight is 470 g/mol. The Kier molecular flexibility index (Phi) is 4.60. The van der Waals surface area contributed by atoms with Crippen molar-refractivity contribution in [2.24, 2.45) is 0 Å². The maximum Gasteiger partial charge on any atom is 0.0936 e. The fraction of sp³-hybridized carbons (Fsp3) is 0.212. The third-order valence-electron chi connectivity index (χ3n) is 7.91. The van der Waals surface area contributed by atoms with E-state index in [2.05, 4.69) is 95.9 Å². The summed E-state index contributed by atoms with van der Waals surface area (Å²) in [6.45, 7) is 4.63. The molecule has 2 fully saturated rings. The number of benzene rings is 6. The lowest BCUT2D eigenvalue weighted by atomic mass is 9.87. The maximum atomic E-state index is 5.56. The zero-order chi connectivity index (χ0) is 23.6. The first kappa shape index (κ1) is 20.7. The van der Waals surface area contributed by atoms with Crippen molar-refractivity contribution in [1.82, 2.24) is 4.90 Å². The minimum Gasteiger partial charge on any atom is -0.372 e. The fourth-order valence-corrected chi connectivity index (χ4v) is 6.15. The first-order valence-corrected chi connectivity index (χ1v) is 13.0. The number of epoxide rings is 2. The number of nitrogens with zero attached hydrogens (tertiary/aromatic N) is 1. The topological polar surface area (TPSA) is 28.3 Å². The lowest BCUT2D eigenvalue weighted by Crippen LogP contribution is -2.31. The van der Waals surface area contributed by atoms with E-state index in [0.29, 0.717) is 12.2 Å². The first-order valence-electron chi connectivity index (χ1n) is 13.0. The van der Waals surface area contributed by atoms with Crippen molar-refractivity contribution in [3.8, 4) is 0 Å². The van der Waals surface area contributed by atoms with Crippen LogP contribution in [0.1, 0.15) is 5.56 Å². The van der Waals surface area contributed by atoms with E-state index in [0.717, 1.165) is 32.8 Å². The van der Waals surface area contributed by atoms with Crippen LogP contribution in [-0.2, 0) is 16.0 Å². The molecule has 6 aromatic rings. The Hall–Kier alpha value is -3.50. The summed E-state index contributed by atoms with van der Waals surface area (Å²) in [4.78, 5) is 2.51. The van der Waals surface area contributed by atoms with E-state index in [-0.39, 0.29) is 0 Å². The molecule has 8 rings (SSSR count). The minimum atomic E-state index is 0.379. The molecule has 0 N–H and O–H groups in total. The van der Waals surface area contributed by atoms with Crippen LogP contribution in [0.4, 0.5) is 0 Å². The van der Waals surface area contributed by atoms with Gasteiger partial charge in [-0.1, -0.05) is 84.9 Å². The van der Waals surface area contributed by atoms with Crippen LogP contribution in [0, 0.1) is 0 Å². The second kappa shape index (κ2) is 8.01. The predicted molar refractivity (Wildman–Crippen MR) is 149 cm³/mol. The Morgan fingerprint density at radius 2 is 0.944 bits per heavy atom. The van der Waals surface area contributed by atoms with Crippen LogP contribution in [0.15, 0.2) is 91.0 Å². The van der Waals surface area contributed by atoms with Crippen molar-refractivity contribution in [3.05, 3.63) is 96.6 Å². The lowest BCUT2D eigenvalue weighted by molar-refractivity contribution is 0.213. The smallest absolute Gasteiger partial charge is 0.0936 e. The lowest BCUT2D eigenvalue weighted by Gasteiger charge is -2.21. The molecule has 36 heavy (non-hydrogen) atoms. The van der Waals surface area contributed by atoms with Crippen LogP contribution < -0.4 is 0 Å². The quantitative estimate of drug-likeness (QED) is 0.193. The predicted octanol–water partition coefficient (Wildman–Crippen LogP) is 7.05. The van der Waals surface area contributed by atoms with Crippen LogP contribution in [-0.4, -0.2) is 43.4 Å². The number of rotatable bonds is 6. The van der Waals surface area contributed by atoms with Crippen LogP contribution in [0.3, 0.4) is 0 Å². The van der Waals surface area contributed by atoms with Gasteiger partial charge in [-0.3, -0.25) is 4.90 Å². The molecule has 0 radical (unpaired) electrons. The van der Waals surface area contributed by atoms with Crippen LogP contribution in [0.2, 0.25) is 0 Å². The summed E-state index contributed by atoms with van der Waals surface area (Å²) in [5, 5.41) is 13.3. The first-order chi connectivity index (χ1) is 17.8. The van der Waals surface area contributed by atoms with Crippen LogP contribution in [0.25, 0.3) is 53.9 Å². The van der Waals surface area contributed by atoms with Gasteiger partial charge in [0.25, 0.3) is 0 Å². The molecular formula is C33H27NO2. The van der Waals surface area contributed by atoms with E-state index >= 15 is 0 Å². The number of hydrogen-bond acceptors (Lipinski definition) is 3. The monoisotopic (exact) mass is 469 g/mol. The molecule has 176 valence electrons. The van der Waals surface area contributed by atoms with Crippen molar-refractivity contribution < 1.29 is 9.47 Å². The number of ether oxygens (including phenoxy) is 2. The van der Waals surface area contributed by atoms with Gasteiger partial charge in [-0.05, 0) is 65.5 Å². The van der Waals surface area contributed by atoms with Crippen molar-refractivity contribution in [2.75, 3.05) is 26.3 Å². The summed E-state index contributed by atoms with van der Waals surface area (Å²) >= 11 is 0. The average Bonchev–Trinajstić information content (AvgIpc) is 3.86. The molecular weight excluding hydrogens is 442 g/mol. The minimum absolute atomic E-state index is 0.379. The van der Waals surface area contributed by atoms with E-state index in [1.54, 1.807) is 0 Å². The molecule has 2 aliphatic rings. The van der Waals surface area contributed by atoms with Gasteiger partial charge >= 0.3 is 0 Å². The van der Waals surface area contributed by atoms with E-state index in [9.17, 15) is 0 Å². The Morgan fingerprint density at radius 1 is 0.528 bits per heavy atom. The van der Waals surface area contributed by atoms with E-state index in [1.165, 1.54) is 59.4 Å². The molecule has 0 spiro atoms.